The van der Waals surface area contributed by atoms with E-state index < -0.39 is 0 Å². The van der Waals surface area contributed by atoms with Gasteiger partial charge in [-0.1, -0.05) is 19.1 Å². The van der Waals surface area contributed by atoms with E-state index in [1.807, 2.05) is 29.2 Å². The minimum absolute atomic E-state index is 0.0181. The Hall–Kier alpha value is -2.01. The average molecular weight is 330 g/mol. The molecule has 0 radical (unpaired) electrons. The van der Waals surface area contributed by atoms with Crippen LogP contribution in [0, 0.1) is 0 Å². The molecule has 3 rings (SSSR count). The molecule has 0 aliphatic carbocycles. The third-order valence-corrected chi connectivity index (χ3v) is 5.34. The molecule has 0 saturated heterocycles. The van der Waals surface area contributed by atoms with Crippen LogP contribution in [-0.4, -0.2) is 24.6 Å². The first-order chi connectivity index (χ1) is 11.2. The van der Waals surface area contributed by atoms with Crippen LogP contribution in [0.2, 0.25) is 0 Å². The van der Waals surface area contributed by atoms with E-state index in [2.05, 4.69) is 23.7 Å². The van der Waals surface area contributed by atoms with Gasteiger partial charge >= 0.3 is 6.03 Å². The van der Waals surface area contributed by atoms with Gasteiger partial charge in [-0.05, 0) is 47.5 Å². The van der Waals surface area contributed by atoms with Gasteiger partial charge in [-0.2, -0.15) is 0 Å². The highest BCUT2D eigenvalue weighted by molar-refractivity contribution is 7.10. The van der Waals surface area contributed by atoms with Crippen molar-refractivity contribution in [2.45, 2.75) is 32.4 Å². The predicted octanol–water partition coefficient (Wildman–Crippen LogP) is 3.98. The number of carbonyl (C=O) groups excluding carboxylic acids is 1. The highest BCUT2D eigenvalue weighted by atomic mass is 32.1. The van der Waals surface area contributed by atoms with Crippen molar-refractivity contribution in [1.82, 2.24) is 10.2 Å². The maximum atomic E-state index is 12.6. The minimum atomic E-state index is 0.0181. The third kappa shape index (κ3) is 3.34. The van der Waals surface area contributed by atoms with Crippen molar-refractivity contribution in [1.29, 1.82) is 0 Å². The second-order valence-electron chi connectivity index (χ2n) is 5.67. The minimum Gasteiger partial charge on any atom is -0.497 e. The largest absolute Gasteiger partial charge is 0.497 e. The molecule has 5 heteroatoms. The van der Waals surface area contributed by atoms with Crippen LogP contribution < -0.4 is 10.1 Å². The summed E-state index contributed by atoms with van der Waals surface area (Å²) in [5.41, 5.74) is 2.39. The molecule has 0 bridgehead atoms. The molecule has 2 amide bonds. The number of carbonyl (C=O) groups is 1. The lowest BCUT2D eigenvalue weighted by atomic mass is 9.98. The van der Waals surface area contributed by atoms with E-state index in [0.29, 0.717) is 6.54 Å². The average Bonchev–Trinajstić information content (AvgIpc) is 3.07. The molecule has 1 aliphatic heterocycles. The van der Waals surface area contributed by atoms with Gasteiger partial charge in [0.1, 0.15) is 5.75 Å². The molecule has 0 spiro atoms. The Morgan fingerprint density at radius 2 is 2.13 bits per heavy atom. The van der Waals surface area contributed by atoms with Crippen molar-refractivity contribution < 1.29 is 9.53 Å². The number of urea groups is 1. The molecule has 2 heterocycles. The third-order valence-electron chi connectivity index (χ3n) is 4.35. The normalized spacial score (nSPS) is 16.8. The van der Waals surface area contributed by atoms with Crippen LogP contribution in [0.3, 0.4) is 0 Å². The van der Waals surface area contributed by atoms with Gasteiger partial charge in [0.15, 0.2) is 0 Å². The molecule has 4 nitrogen and oxygen atoms in total. The Balaban J connectivity index is 1.63. The molecular weight excluding hydrogens is 308 g/mol. The van der Waals surface area contributed by atoms with Crippen LogP contribution in [-0.2, 0) is 13.0 Å². The number of hydrogen-bond donors (Lipinski definition) is 1. The highest BCUT2D eigenvalue weighted by Crippen LogP contribution is 2.35. The molecule has 1 aromatic carbocycles. The summed E-state index contributed by atoms with van der Waals surface area (Å²) in [5, 5.41) is 5.17. The number of amides is 2. The fourth-order valence-electron chi connectivity index (χ4n) is 3.10. The fourth-order valence-corrected chi connectivity index (χ4v) is 4.03. The Kier molecular flexibility index (Phi) is 4.86. The second-order valence-corrected chi connectivity index (χ2v) is 6.67. The van der Waals surface area contributed by atoms with Crippen LogP contribution in [0.25, 0.3) is 0 Å². The van der Waals surface area contributed by atoms with E-state index in [9.17, 15) is 4.79 Å². The number of benzene rings is 1. The maximum absolute atomic E-state index is 12.6. The zero-order valence-electron chi connectivity index (χ0n) is 13.5. The smallest absolute Gasteiger partial charge is 0.318 e. The molecular formula is C18H22N2O2S. The Morgan fingerprint density at radius 1 is 1.35 bits per heavy atom. The number of nitrogens with zero attached hydrogens (tertiary/aromatic N) is 1. The van der Waals surface area contributed by atoms with Crippen LogP contribution in [0.4, 0.5) is 4.79 Å². The predicted molar refractivity (Wildman–Crippen MR) is 93.0 cm³/mol. The van der Waals surface area contributed by atoms with Gasteiger partial charge in [0.05, 0.1) is 13.2 Å². The van der Waals surface area contributed by atoms with Gasteiger partial charge in [0, 0.05) is 18.0 Å². The molecule has 2 aromatic rings. The topological polar surface area (TPSA) is 41.6 Å². The quantitative estimate of drug-likeness (QED) is 0.921. The van der Waals surface area contributed by atoms with Crippen LogP contribution in [0.1, 0.15) is 35.4 Å². The molecule has 1 aliphatic rings. The molecule has 1 atom stereocenters. The Labute approximate surface area is 141 Å². The van der Waals surface area contributed by atoms with Gasteiger partial charge in [0.25, 0.3) is 0 Å². The first kappa shape index (κ1) is 15.9. The molecule has 1 aromatic heterocycles. The van der Waals surface area contributed by atoms with Crippen molar-refractivity contribution in [3.05, 3.63) is 51.7 Å². The standard InChI is InChI=1S/C18H22N2O2S/c1-3-16-15-9-11-23-17(15)8-10-20(16)18(21)19-12-13-4-6-14(22-2)7-5-13/h4-7,9,11,16H,3,8,10,12H2,1-2H3,(H,19,21). The van der Waals surface area contributed by atoms with E-state index in [4.69, 9.17) is 4.74 Å². The lowest BCUT2D eigenvalue weighted by Crippen LogP contribution is -2.44. The van der Waals surface area contributed by atoms with Gasteiger partial charge in [0.2, 0.25) is 0 Å². The monoisotopic (exact) mass is 330 g/mol. The van der Waals surface area contributed by atoms with Crippen molar-refractivity contribution in [3.8, 4) is 5.75 Å². The zero-order valence-corrected chi connectivity index (χ0v) is 14.4. The summed E-state index contributed by atoms with van der Waals surface area (Å²) in [6.45, 7) is 3.47. The fraction of sp³-hybridized carbons (Fsp3) is 0.389. The number of ether oxygens (including phenoxy) is 1. The van der Waals surface area contributed by atoms with Crippen molar-refractivity contribution in [2.24, 2.45) is 0 Å². The summed E-state index contributed by atoms with van der Waals surface area (Å²) in [6, 6.07) is 10.2. The maximum Gasteiger partial charge on any atom is 0.318 e. The summed E-state index contributed by atoms with van der Waals surface area (Å²) in [6.07, 6.45) is 1.90. The SMILES string of the molecule is CCC1c2ccsc2CCN1C(=O)NCc1ccc(OC)cc1. The van der Waals surface area contributed by atoms with Crippen LogP contribution in [0.5, 0.6) is 5.75 Å². The van der Waals surface area contributed by atoms with E-state index in [1.165, 1.54) is 10.4 Å². The first-order valence-electron chi connectivity index (χ1n) is 7.96. The number of nitrogens with one attached hydrogen (secondary N) is 1. The summed E-state index contributed by atoms with van der Waals surface area (Å²) in [7, 11) is 1.65. The summed E-state index contributed by atoms with van der Waals surface area (Å²) in [5.74, 6) is 0.826. The number of rotatable bonds is 4. The van der Waals surface area contributed by atoms with Crippen molar-refractivity contribution >= 4 is 17.4 Å². The Morgan fingerprint density at radius 3 is 2.83 bits per heavy atom. The van der Waals surface area contributed by atoms with Crippen molar-refractivity contribution in [2.75, 3.05) is 13.7 Å². The number of thiophene rings is 1. The lowest BCUT2D eigenvalue weighted by molar-refractivity contribution is 0.167. The van der Waals surface area contributed by atoms with Gasteiger partial charge in [-0.3, -0.25) is 0 Å². The zero-order chi connectivity index (χ0) is 16.2. The molecule has 0 fully saturated rings. The lowest BCUT2D eigenvalue weighted by Gasteiger charge is -2.35. The van der Waals surface area contributed by atoms with Gasteiger partial charge < -0.3 is 15.0 Å². The van der Waals surface area contributed by atoms with E-state index in [-0.39, 0.29) is 12.1 Å². The molecule has 23 heavy (non-hydrogen) atoms. The molecule has 1 unspecified atom stereocenters. The second kappa shape index (κ2) is 7.04. The number of fused-ring (bicyclic) bond motifs is 1. The van der Waals surface area contributed by atoms with Crippen LogP contribution >= 0.6 is 11.3 Å². The number of hydrogen-bond acceptors (Lipinski definition) is 3. The number of methoxy groups -OCH3 is 1. The highest BCUT2D eigenvalue weighted by Gasteiger charge is 2.30. The first-order valence-corrected chi connectivity index (χ1v) is 8.84. The molecule has 122 valence electrons. The van der Waals surface area contributed by atoms with E-state index in [1.54, 1.807) is 18.4 Å². The summed E-state index contributed by atoms with van der Waals surface area (Å²) < 4.78 is 5.15. The molecule has 1 N–H and O–H groups in total. The van der Waals surface area contributed by atoms with Crippen molar-refractivity contribution in [3.63, 3.8) is 0 Å². The van der Waals surface area contributed by atoms with E-state index >= 15 is 0 Å². The van der Waals surface area contributed by atoms with Gasteiger partial charge in [-0.15, -0.1) is 11.3 Å². The summed E-state index contributed by atoms with van der Waals surface area (Å²) in [4.78, 5) is 16.0. The molecule has 0 saturated carbocycles. The Bertz CT molecular complexity index is 666. The van der Waals surface area contributed by atoms with Crippen LogP contribution in [0.15, 0.2) is 35.7 Å². The van der Waals surface area contributed by atoms with E-state index in [0.717, 1.165) is 30.7 Å². The summed E-state index contributed by atoms with van der Waals surface area (Å²) >= 11 is 1.80. The van der Waals surface area contributed by atoms with Gasteiger partial charge in [-0.25, -0.2) is 4.79 Å².